The molecule has 4 heteroatoms. The maximum absolute atomic E-state index is 11.7. The molecule has 0 aromatic heterocycles. The minimum atomic E-state index is 0.0988. The first-order valence-electron chi connectivity index (χ1n) is 7.87. The van der Waals surface area contributed by atoms with E-state index in [1.807, 2.05) is 31.2 Å². The molecule has 0 bridgehead atoms. The van der Waals surface area contributed by atoms with Gasteiger partial charge in [-0.25, -0.2) is 0 Å². The zero-order valence-electron chi connectivity index (χ0n) is 12.8. The predicted octanol–water partition coefficient (Wildman–Crippen LogP) is 2.40. The first-order valence-corrected chi connectivity index (χ1v) is 7.87. The SMILES string of the molecule is Cc1cccc(OCCCCC(=O)NCC(N)C2CC2)c1. The topological polar surface area (TPSA) is 64.3 Å². The molecule has 1 aliphatic rings. The van der Waals surface area contributed by atoms with Crippen molar-refractivity contribution in [2.24, 2.45) is 11.7 Å². The monoisotopic (exact) mass is 290 g/mol. The molecular formula is C17H26N2O2. The highest BCUT2D eigenvalue weighted by Gasteiger charge is 2.28. The summed E-state index contributed by atoms with van der Waals surface area (Å²) >= 11 is 0. The molecule has 1 atom stereocenters. The van der Waals surface area contributed by atoms with Crippen molar-refractivity contribution in [2.75, 3.05) is 13.2 Å². The van der Waals surface area contributed by atoms with Crippen LogP contribution in [-0.2, 0) is 4.79 Å². The second-order valence-electron chi connectivity index (χ2n) is 5.93. The summed E-state index contributed by atoms with van der Waals surface area (Å²) in [6, 6.07) is 8.15. The van der Waals surface area contributed by atoms with E-state index in [2.05, 4.69) is 5.32 Å². The van der Waals surface area contributed by atoms with Gasteiger partial charge in [0.1, 0.15) is 5.75 Å². The second kappa shape index (κ2) is 8.03. The first-order chi connectivity index (χ1) is 10.1. The summed E-state index contributed by atoms with van der Waals surface area (Å²) < 4.78 is 5.65. The summed E-state index contributed by atoms with van der Waals surface area (Å²) in [7, 11) is 0. The zero-order valence-corrected chi connectivity index (χ0v) is 12.8. The van der Waals surface area contributed by atoms with Crippen LogP contribution < -0.4 is 15.8 Å². The van der Waals surface area contributed by atoms with Crippen LogP contribution in [0.4, 0.5) is 0 Å². The molecule has 2 rings (SSSR count). The predicted molar refractivity (Wildman–Crippen MR) is 84.2 cm³/mol. The van der Waals surface area contributed by atoms with E-state index in [-0.39, 0.29) is 11.9 Å². The summed E-state index contributed by atoms with van der Waals surface area (Å²) in [6.45, 7) is 3.31. The van der Waals surface area contributed by atoms with Gasteiger partial charge in [0.05, 0.1) is 6.61 Å². The molecule has 21 heavy (non-hydrogen) atoms. The first kappa shape index (κ1) is 15.8. The maximum Gasteiger partial charge on any atom is 0.220 e. The van der Waals surface area contributed by atoms with Crippen LogP contribution in [0.3, 0.4) is 0 Å². The number of carbonyl (C=O) groups excluding carboxylic acids is 1. The van der Waals surface area contributed by atoms with Crippen LogP contribution in [0.5, 0.6) is 5.75 Å². The number of benzene rings is 1. The van der Waals surface area contributed by atoms with Crippen LogP contribution >= 0.6 is 0 Å². The van der Waals surface area contributed by atoms with E-state index in [9.17, 15) is 4.79 Å². The van der Waals surface area contributed by atoms with Crippen molar-refractivity contribution in [3.05, 3.63) is 29.8 Å². The lowest BCUT2D eigenvalue weighted by atomic mass is 10.2. The molecule has 0 spiro atoms. The molecule has 3 N–H and O–H groups in total. The quantitative estimate of drug-likeness (QED) is 0.686. The summed E-state index contributed by atoms with van der Waals surface area (Å²) in [5, 5.41) is 2.92. The fraction of sp³-hybridized carbons (Fsp3) is 0.588. The van der Waals surface area contributed by atoms with Crippen molar-refractivity contribution in [3.63, 3.8) is 0 Å². The number of aryl methyl sites for hydroxylation is 1. The fourth-order valence-electron chi connectivity index (χ4n) is 2.29. The minimum Gasteiger partial charge on any atom is -0.494 e. The van der Waals surface area contributed by atoms with Gasteiger partial charge in [0.25, 0.3) is 0 Å². The Bertz CT molecular complexity index is 458. The van der Waals surface area contributed by atoms with E-state index in [4.69, 9.17) is 10.5 Å². The molecule has 0 radical (unpaired) electrons. The van der Waals surface area contributed by atoms with Gasteiger partial charge in [-0.2, -0.15) is 0 Å². The number of unbranched alkanes of at least 4 members (excludes halogenated alkanes) is 1. The van der Waals surface area contributed by atoms with Crippen LogP contribution in [-0.4, -0.2) is 25.1 Å². The minimum absolute atomic E-state index is 0.0988. The van der Waals surface area contributed by atoms with Crippen LogP contribution in [0, 0.1) is 12.8 Å². The van der Waals surface area contributed by atoms with Gasteiger partial charge in [-0.1, -0.05) is 12.1 Å². The number of nitrogens with two attached hydrogens (primary N) is 1. The standard InChI is InChI=1S/C17H26N2O2/c1-13-5-4-6-15(11-13)21-10-3-2-7-17(20)19-12-16(18)14-8-9-14/h4-6,11,14,16H,2-3,7-10,12,18H2,1H3,(H,19,20). The summed E-state index contributed by atoms with van der Waals surface area (Å²) in [5.74, 6) is 1.63. The zero-order chi connectivity index (χ0) is 15.1. The molecular weight excluding hydrogens is 264 g/mol. The van der Waals surface area contributed by atoms with Crippen molar-refractivity contribution in [3.8, 4) is 5.75 Å². The summed E-state index contributed by atoms with van der Waals surface area (Å²) in [5.41, 5.74) is 7.14. The Kier molecular flexibility index (Phi) is 6.05. The van der Waals surface area contributed by atoms with Crippen LogP contribution in [0.15, 0.2) is 24.3 Å². The normalized spacial score (nSPS) is 15.5. The molecule has 1 unspecified atom stereocenters. The van der Waals surface area contributed by atoms with E-state index in [1.165, 1.54) is 18.4 Å². The van der Waals surface area contributed by atoms with E-state index in [0.717, 1.165) is 18.6 Å². The third-order valence-corrected chi connectivity index (χ3v) is 3.82. The molecule has 1 aliphatic carbocycles. The third-order valence-electron chi connectivity index (χ3n) is 3.82. The lowest BCUT2D eigenvalue weighted by Gasteiger charge is -2.11. The highest BCUT2D eigenvalue weighted by Crippen LogP contribution is 2.31. The summed E-state index contributed by atoms with van der Waals surface area (Å²) in [6.07, 6.45) is 4.71. The van der Waals surface area contributed by atoms with Crippen molar-refractivity contribution in [2.45, 2.75) is 45.1 Å². The number of carbonyl (C=O) groups is 1. The van der Waals surface area contributed by atoms with E-state index >= 15 is 0 Å². The van der Waals surface area contributed by atoms with Crippen molar-refractivity contribution in [1.29, 1.82) is 0 Å². The fourth-order valence-corrected chi connectivity index (χ4v) is 2.29. The summed E-state index contributed by atoms with van der Waals surface area (Å²) in [4.78, 5) is 11.7. The average molecular weight is 290 g/mol. The Morgan fingerprint density at radius 2 is 2.24 bits per heavy atom. The van der Waals surface area contributed by atoms with E-state index in [0.29, 0.717) is 25.5 Å². The molecule has 4 nitrogen and oxygen atoms in total. The molecule has 116 valence electrons. The molecule has 0 aliphatic heterocycles. The van der Waals surface area contributed by atoms with Crippen LogP contribution in [0.2, 0.25) is 0 Å². The van der Waals surface area contributed by atoms with Crippen molar-refractivity contribution >= 4 is 5.91 Å². The largest absolute Gasteiger partial charge is 0.494 e. The Morgan fingerprint density at radius 3 is 2.95 bits per heavy atom. The lowest BCUT2D eigenvalue weighted by Crippen LogP contribution is -2.38. The highest BCUT2D eigenvalue weighted by atomic mass is 16.5. The molecule has 0 saturated heterocycles. The second-order valence-corrected chi connectivity index (χ2v) is 5.93. The van der Waals surface area contributed by atoms with Gasteiger partial charge in [-0.3, -0.25) is 4.79 Å². The Morgan fingerprint density at radius 1 is 1.43 bits per heavy atom. The highest BCUT2D eigenvalue weighted by molar-refractivity contribution is 5.75. The maximum atomic E-state index is 11.7. The number of hydrogen-bond donors (Lipinski definition) is 2. The number of hydrogen-bond acceptors (Lipinski definition) is 3. The van der Waals surface area contributed by atoms with E-state index < -0.39 is 0 Å². The smallest absolute Gasteiger partial charge is 0.220 e. The van der Waals surface area contributed by atoms with Gasteiger partial charge >= 0.3 is 0 Å². The van der Waals surface area contributed by atoms with Gasteiger partial charge in [0.15, 0.2) is 0 Å². The van der Waals surface area contributed by atoms with Crippen molar-refractivity contribution < 1.29 is 9.53 Å². The van der Waals surface area contributed by atoms with Gasteiger partial charge in [-0.15, -0.1) is 0 Å². The van der Waals surface area contributed by atoms with Gasteiger partial charge in [-0.05, 0) is 56.2 Å². The van der Waals surface area contributed by atoms with E-state index in [1.54, 1.807) is 0 Å². The average Bonchev–Trinajstić information content (AvgIpc) is 3.29. The Labute approximate surface area is 127 Å². The lowest BCUT2D eigenvalue weighted by molar-refractivity contribution is -0.121. The van der Waals surface area contributed by atoms with Gasteiger partial charge in [0.2, 0.25) is 5.91 Å². The third kappa shape index (κ3) is 6.17. The molecule has 1 aromatic rings. The number of nitrogens with one attached hydrogen (secondary N) is 1. The number of ether oxygens (including phenoxy) is 1. The van der Waals surface area contributed by atoms with Gasteiger partial charge < -0.3 is 15.8 Å². The molecule has 1 fully saturated rings. The molecule has 0 heterocycles. The Hall–Kier alpha value is -1.55. The molecule has 1 amide bonds. The Balaban J connectivity index is 1.50. The van der Waals surface area contributed by atoms with Crippen LogP contribution in [0.25, 0.3) is 0 Å². The van der Waals surface area contributed by atoms with Crippen LogP contribution in [0.1, 0.15) is 37.7 Å². The number of amides is 1. The number of rotatable bonds is 9. The van der Waals surface area contributed by atoms with Crippen molar-refractivity contribution in [1.82, 2.24) is 5.32 Å². The van der Waals surface area contributed by atoms with Gasteiger partial charge in [0, 0.05) is 19.0 Å². The molecule has 1 saturated carbocycles. The molecule has 1 aromatic carbocycles.